The fraction of sp³-hybridized carbons (Fsp3) is 0.333. The number of pyridine rings is 1. The number of aromatic nitrogens is 1. The summed E-state index contributed by atoms with van der Waals surface area (Å²) in [5, 5.41) is 4.29. The molecule has 3 nitrogen and oxygen atoms in total. The first kappa shape index (κ1) is 15.3. The molecular formula is C15H16BrClN2O. The Hall–Kier alpha value is -1.13. The number of fused-ring (bicyclic) bond motifs is 1. The molecule has 2 aromatic rings. The number of nitrogens with zero attached hydrogens (tertiary/aromatic N) is 1. The van der Waals surface area contributed by atoms with Crippen molar-refractivity contribution in [2.24, 2.45) is 5.92 Å². The Kier molecular flexibility index (Phi) is 4.66. The van der Waals surface area contributed by atoms with E-state index >= 15 is 0 Å². The molecule has 0 radical (unpaired) electrons. The first-order valence-corrected chi connectivity index (χ1v) is 7.70. The number of alkyl halides is 1. The summed E-state index contributed by atoms with van der Waals surface area (Å²) >= 11 is 9.68. The zero-order valence-electron chi connectivity index (χ0n) is 11.6. The molecule has 106 valence electrons. The van der Waals surface area contributed by atoms with E-state index < -0.39 is 0 Å². The van der Waals surface area contributed by atoms with Gasteiger partial charge in [-0.2, -0.15) is 0 Å². The number of hydrogen-bond acceptors (Lipinski definition) is 2. The first-order chi connectivity index (χ1) is 9.41. The third-order valence-corrected chi connectivity index (χ3v) is 4.89. The Labute approximate surface area is 131 Å². The van der Waals surface area contributed by atoms with Crippen LogP contribution in [-0.4, -0.2) is 15.7 Å². The van der Waals surface area contributed by atoms with E-state index in [1.807, 2.05) is 39.0 Å². The van der Waals surface area contributed by atoms with Crippen LogP contribution in [0.15, 0.2) is 24.4 Å². The zero-order chi connectivity index (χ0) is 14.9. The average molecular weight is 356 g/mol. The molecule has 0 saturated carbocycles. The van der Waals surface area contributed by atoms with Crippen LogP contribution in [0.5, 0.6) is 0 Å². The number of halogens is 2. The van der Waals surface area contributed by atoms with Gasteiger partial charge in [0.15, 0.2) is 0 Å². The molecule has 1 unspecified atom stereocenters. The lowest BCUT2D eigenvalue weighted by atomic mass is 10.1. The summed E-state index contributed by atoms with van der Waals surface area (Å²) in [6.45, 7) is 5.92. The van der Waals surface area contributed by atoms with Gasteiger partial charge >= 0.3 is 0 Å². The lowest BCUT2D eigenvalue weighted by Crippen LogP contribution is -2.27. The normalized spacial score (nSPS) is 12.7. The lowest BCUT2D eigenvalue weighted by molar-refractivity contribution is -0.116. The van der Waals surface area contributed by atoms with Gasteiger partial charge in [-0.25, -0.2) is 0 Å². The van der Waals surface area contributed by atoms with Crippen molar-refractivity contribution in [1.29, 1.82) is 0 Å². The Balaban J connectivity index is 2.47. The van der Waals surface area contributed by atoms with Crippen LogP contribution >= 0.6 is 27.5 Å². The number of carbonyl (C=O) groups is 1. The molecule has 1 atom stereocenters. The number of nitrogens with one attached hydrogen (secondary N) is 1. The van der Waals surface area contributed by atoms with Gasteiger partial charge in [-0.15, -0.1) is 0 Å². The highest BCUT2D eigenvalue weighted by molar-refractivity contribution is 9.10. The highest BCUT2D eigenvalue weighted by Crippen LogP contribution is 2.33. The van der Waals surface area contributed by atoms with E-state index in [4.69, 9.17) is 11.6 Å². The zero-order valence-corrected chi connectivity index (χ0v) is 13.9. The largest absolute Gasteiger partial charge is 0.323 e. The Morgan fingerprint density at radius 2 is 2.15 bits per heavy atom. The van der Waals surface area contributed by atoms with E-state index in [1.54, 1.807) is 6.20 Å². The van der Waals surface area contributed by atoms with E-state index in [2.05, 4.69) is 26.2 Å². The van der Waals surface area contributed by atoms with Gasteiger partial charge in [-0.1, -0.05) is 41.4 Å². The standard InChI is InChI=1S/C15H16BrClN2O/c1-8(2)12(16)15(20)19-14-10-5-4-6-18-13(10)9(3)7-11(14)17/h4-8,12H,1-3H3,(H,19,20). The van der Waals surface area contributed by atoms with Gasteiger partial charge in [-0.05, 0) is 36.6 Å². The first-order valence-electron chi connectivity index (χ1n) is 6.40. The minimum absolute atomic E-state index is 0.101. The summed E-state index contributed by atoms with van der Waals surface area (Å²) in [5.74, 6) is 0.0968. The molecule has 0 saturated heterocycles. The van der Waals surface area contributed by atoms with Crippen LogP contribution in [0.25, 0.3) is 10.9 Å². The maximum atomic E-state index is 12.2. The smallest absolute Gasteiger partial charge is 0.238 e. The Bertz CT molecular complexity index is 658. The molecule has 1 aromatic heterocycles. The van der Waals surface area contributed by atoms with Crippen LogP contribution in [0, 0.1) is 12.8 Å². The summed E-state index contributed by atoms with van der Waals surface area (Å²) in [6.07, 6.45) is 1.73. The second kappa shape index (κ2) is 6.10. The fourth-order valence-electron chi connectivity index (χ4n) is 2.00. The van der Waals surface area contributed by atoms with Crippen molar-refractivity contribution in [3.05, 3.63) is 35.0 Å². The summed E-state index contributed by atoms with van der Waals surface area (Å²) in [5.41, 5.74) is 2.46. The maximum Gasteiger partial charge on any atom is 0.238 e. The van der Waals surface area contributed by atoms with E-state index in [9.17, 15) is 4.79 Å². The lowest BCUT2D eigenvalue weighted by Gasteiger charge is -2.16. The molecule has 20 heavy (non-hydrogen) atoms. The van der Waals surface area contributed by atoms with Crippen LogP contribution in [0.4, 0.5) is 5.69 Å². The van der Waals surface area contributed by atoms with Crippen molar-refractivity contribution >= 4 is 50.0 Å². The van der Waals surface area contributed by atoms with Crippen molar-refractivity contribution in [2.75, 3.05) is 5.32 Å². The van der Waals surface area contributed by atoms with Gasteiger partial charge in [0.1, 0.15) is 0 Å². The quantitative estimate of drug-likeness (QED) is 0.820. The molecule has 0 fully saturated rings. The molecule has 1 aromatic carbocycles. The molecule has 1 N–H and O–H groups in total. The second-order valence-electron chi connectivity index (χ2n) is 5.08. The molecule has 0 spiro atoms. The number of rotatable bonds is 3. The topological polar surface area (TPSA) is 42.0 Å². The van der Waals surface area contributed by atoms with Crippen molar-refractivity contribution < 1.29 is 4.79 Å². The average Bonchev–Trinajstić information content (AvgIpc) is 2.42. The highest BCUT2D eigenvalue weighted by Gasteiger charge is 2.21. The van der Waals surface area contributed by atoms with Gasteiger partial charge in [0.2, 0.25) is 5.91 Å². The predicted octanol–water partition coefficient (Wildman–Crippen LogP) is 4.55. The van der Waals surface area contributed by atoms with Crippen molar-refractivity contribution in [1.82, 2.24) is 4.98 Å². The Morgan fingerprint density at radius 1 is 1.45 bits per heavy atom. The molecule has 5 heteroatoms. The van der Waals surface area contributed by atoms with Gasteiger partial charge in [0.25, 0.3) is 0 Å². The van der Waals surface area contributed by atoms with Crippen LogP contribution in [0.1, 0.15) is 19.4 Å². The summed E-state index contributed by atoms with van der Waals surface area (Å²) in [4.78, 5) is 16.3. The van der Waals surface area contributed by atoms with Crippen LogP contribution in [0.2, 0.25) is 5.02 Å². The molecule has 2 rings (SSSR count). The van der Waals surface area contributed by atoms with Gasteiger partial charge in [-0.3, -0.25) is 9.78 Å². The maximum absolute atomic E-state index is 12.2. The molecule has 0 aliphatic heterocycles. The molecular weight excluding hydrogens is 340 g/mol. The van der Waals surface area contributed by atoms with Gasteiger partial charge in [0, 0.05) is 11.6 Å². The predicted molar refractivity (Wildman–Crippen MR) is 87.7 cm³/mol. The number of anilines is 1. The summed E-state index contributed by atoms with van der Waals surface area (Å²) in [6, 6.07) is 5.57. The molecule has 0 aliphatic rings. The number of aryl methyl sites for hydroxylation is 1. The van der Waals surface area contributed by atoms with Crippen LogP contribution in [-0.2, 0) is 4.79 Å². The highest BCUT2D eigenvalue weighted by atomic mass is 79.9. The minimum atomic E-state index is -0.258. The van der Waals surface area contributed by atoms with Crippen LogP contribution in [0.3, 0.4) is 0 Å². The number of carbonyl (C=O) groups excluding carboxylic acids is 1. The Morgan fingerprint density at radius 3 is 2.80 bits per heavy atom. The van der Waals surface area contributed by atoms with E-state index in [0.717, 1.165) is 16.5 Å². The SMILES string of the molecule is Cc1cc(Cl)c(NC(=O)C(Br)C(C)C)c2cccnc12. The third-order valence-electron chi connectivity index (χ3n) is 3.12. The van der Waals surface area contributed by atoms with Gasteiger partial charge in [0.05, 0.1) is 21.1 Å². The van der Waals surface area contributed by atoms with E-state index in [1.165, 1.54) is 0 Å². The van der Waals surface area contributed by atoms with Gasteiger partial charge < -0.3 is 5.32 Å². The van der Waals surface area contributed by atoms with E-state index in [0.29, 0.717) is 10.7 Å². The van der Waals surface area contributed by atoms with E-state index in [-0.39, 0.29) is 16.7 Å². The monoisotopic (exact) mass is 354 g/mol. The fourth-order valence-corrected chi connectivity index (χ4v) is 2.43. The van der Waals surface area contributed by atoms with Crippen molar-refractivity contribution in [3.63, 3.8) is 0 Å². The number of amides is 1. The number of hydrogen-bond donors (Lipinski definition) is 1. The molecule has 1 heterocycles. The van der Waals surface area contributed by atoms with Crippen LogP contribution < -0.4 is 5.32 Å². The summed E-state index contributed by atoms with van der Waals surface area (Å²) in [7, 11) is 0. The minimum Gasteiger partial charge on any atom is -0.323 e. The van der Waals surface area contributed by atoms with Crippen molar-refractivity contribution in [3.8, 4) is 0 Å². The summed E-state index contributed by atoms with van der Waals surface area (Å²) < 4.78 is 0. The molecule has 0 bridgehead atoms. The second-order valence-corrected chi connectivity index (χ2v) is 6.48. The third kappa shape index (κ3) is 2.96. The van der Waals surface area contributed by atoms with Crippen molar-refractivity contribution in [2.45, 2.75) is 25.6 Å². The molecule has 1 amide bonds. The number of benzene rings is 1. The molecule has 0 aliphatic carbocycles.